The molecule has 6 heteroatoms. The van der Waals surface area contributed by atoms with E-state index in [0.717, 1.165) is 5.56 Å². The third kappa shape index (κ3) is 2.57. The fourth-order valence-electron chi connectivity index (χ4n) is 2.42. The standard InChI is InChI=1S/C16H16N4OS/c1-3-9-19-11-17-14-13(19)15(21)18-16(22-2)20(14)10-12-7-5-4-6-8-12/h3-8,11H,1,9-10H2,2H3. The number of rotatable bonds is 5. The molecule has 1 aromatic carbocycles. The van der Waals surface area contributed by atoms with E-state index in [2.05, 4.69) is 28.7 Å². The summed E-state index contributed by atoms with van der Waals surface area (Å²) >= 11 is 1.45. The molecule has 0 aliphatic heterocycles. The molecule has 2 aromatic heterocycles. The Morgan fingerprint density at radius 1 is 1.32 bits per heavy atom. The number of nitrogens with zero attached hydrogens (tertiary/aromatic N) is 4. The van der Waals surface area contributed by atoms with Crippen molar-refractivity contribution >= 4 is 22.9 Å². The molecule has 2 heterocycles. The van der Waals surface area contributed by atoms with Gasteiger partial charge in [-0.05, 0) is 11.8 Å². The van der Waals surface area contributed by atoms with Crippen LogP contribution in [-0.4, -0.2) is 25.4 Å². The van der Waals surface area contributed by atoms with E-state index >= 15 is 0 Å². The van der Waals surface area contributed by atoms with Gasteiger partial charge in [-0.25, -0.2) is 4.98 Å². The van der Waals surface area contributed by atoms with Gasteiger partial charge in [0, 0.05) is 6.54 Å². The molecule has 0 aliphatic rings. The van der Waals surface area contributed by atoms with Gasteiger partial charge in [0.15, 0.2) is 16.3 Å². The van der Waals surface area contributed by atoms with Crippen LogP contribution in [-0.2, 0) is 13.1 Å². The van der Waals surface area contributed by atoms with Crippen molar-refractivity contribution in [2.24, 2.45) is 0 Å². The Morgan fingerprint density at radius 2 is 2.09 bits per heavy atom. The van der Waals surface area contributed by atoms with E-state index in [1.807, 2.05) is 29.0 Å². The third-order valence-electron chi connectivity index (χ3n) is 3.40. The lowest BCUT2D eigenvalue weighted by molar-refractivity contribution is 0.689. The number of aromatic nitrogens is 4. The first-order chi connectivity index (χ1) is 10.7. The smallest absolute Gasteiger partial charge is 0.299 e. The number of imidazole rings is 1. The van der Waals surface area contributed by atoms with Crippen LogP contribution in [0.1, 0.15) is 5.56 Å². The fraction of sp³-hybridized carbons (Fsp3) is 0.188. The zero-order valence-corrected chi connectivity index (χ0v) is 13.1. The molecule has 112 valence electrons. The first-order valence-corrected chi connectivity index (χ1v) is 8.11. The van der Waals surface area contributed by atoms with Crippen molar-refractivity contribution < 1.29 is 0 Å². The van der Waals surface area contributed by atoms with E-state index in [0.29, 0.717) is 29.4 Å². The molecule has 0 saturated heterocycles. The molecule has 0 unspecified atom stereocenters. The van der Waals surface area contributed by atoms with Crippen LogP contribution in [0.4, 0.5) is 0 Å². The summed E-state index contributed by atoms with van der Waals surface area (Å²) in [5.41, 5.74) is 2.08. The van der Waals surface area contributed by atoms with Crippen molar-refractivity contribution in [2.45, 2.75) is 18.2 Å². The molecule has 0 atom stereocenters. The number of thioether (sulfide) groups is 1. The van der Waals surface area contributed by atoms with Crippen LogP contribution < -0.4 is 5.56 Å². The Kier molecular flexibility index (Phi) is 4.11. The lowest BCUT2D eigenvalue weighted by atomic mass is 10.2. The van der Waals surface area contributed by atoms with E-state index < -0.39 is 0 Å². The van der Waals surface area contributed by atoms with Gasteiger partial charge in [0.05, 0.1) is 12.9 Å². The summed E-state index contributed by atoms with van der Waals surface area (Å²) in [7, 11) is 0. The quantitative estimate of drug-likeness (QED) is 0.413. The van der Waals surface area contributed by atoms with Gasteiger partial charge in [0.2, 0.25) is 0 Å². The zero-order chi connectivity index (χ0) is 15.5. The van der Waals surface area contributed by atoms with Gasteiger partial charge in [-0.2, -0.15) is 4.98 Å². The molecule has 0 saturated carbocycles. The summed E-state index contributed by atoms with van der Waals surface area (Å²) in [6, 6.07) is 10.1. The summed E-state index contributed by atoms with van der Waals surface area (Å²) in [5.74, 6) is 0. The van der Waals surface area contributed by atoms with Gasteiger partial charge in [-0.15, -0.1) is 6.58 Å². The highest BCUT2D eigenvalue weighted by Gasteiger charge is 2.15. The predicted molar refractivity (Wildman–Crippen MR) is 89.3 cm³/mol. The Labute approximate surface area is 132 Å². The molecule has 0 spiro atoms. The molecular weight excluding hydrogens is 296 g/mol. The Hall–Kier alpha value is -2.34. The van der Waals surface area contributed by atoms with Crippen LogP contribution in [0.15, 0.2) is 59.3 Å². The third-order valence-corrected chi connectivity index (χ3v) is 4.07. The van der Waals surface area contributed by atoms with Crippen LogP contribution >= 0.6 is 11.8 Å². The van der Waals surface area contributed by atoms with Gasteiger partial charge in [-0.3, -0.25) is 9.36 Å². The van der Waals surface area contributed by atoms with Gasteiger partial charge < -0.3 is 4.57 Å². The van der Waals surface area contributed by atoms with E-state index in [1.54, 1.807) is 17.0 Å². The predicted octanol–water partition coefficient (Wildman–Crippen LogP) is 2.55. The van der Waals surface area contributed by atoms with Crippen molar-refractivity contribution in [3.05, 3.63) is 65.2 Å². The number of hydrogen-bond acceptors (Lipinski definition) is 4. The van der Waals surface area contributed by atoms with Crippen molar-refractivity contribution in [3.8, 4) is 0 Å². The Morgan fingerprint density at radius 3 is 2.77 bits per heavy atom. The average Bonchev–Trinajstić information content (AvgIpc) is 2.96. The Bertz CT molecular complexity index is 867. The van der Waals surface area contributed by atoms with Crippen molar-refractivity contribution in [2.75, 3.05) is 6.26 Å². The average molecular weight is 312 g/mol. The highest BCUT2D eigenvalue weighted by atomic mass is 32.2. The SMILES string of the molecule is C=CCn1cnc2c1c(=O)nc(SC)n2Cc1ccccc1. The van der Waals surface area contributed by atoms with Gasteiger partial charge in [0.25, 0.3) is 5.56 Å². The van der Waals surface area contributed by atoms with Crippen LogP contribution in [0.5, 0.6) is 0 Å². The topological polar surface area (TPSA) is 52.7 Å². The molecule has 22 heavy (non-hydrogen) atoms. The van der Waals surface area contributed by atoms with E-state index in [9.17, 15) is 4.79 Å². The summed E-state index contributed by atoms with van der Waals surface area (Å²) < 4.78 is 3.76. The van der Waals surface area contributed by atoms with E-state index in [-0.39, 0.29) is 5.56 Å². The highest BCUT2D eigenvalue weighted by Crippen LogP contribution is 2.18. The second-order valence-corrected chi connectivity index (χ2v) is 5.61. The van der Waals surface area contributed by atoms with Crippen LogP contribution in [0.3, 0.4) is 0 Å². The molecule has 0 amide bonds. The second kappa shape index (κ2) is 6.19. The minimum atomic E-state index is -0.247. The molecule has 0 radical (unpaired) electrons. The maximum atomic E-state index is 12.3. The minimum absolute atomic E-state index is 0.247. The maximum absolute atomic E-state index is 12.3. The maximum Gasteiger partial charge on any atom is 0.299 e. The summed E-state index contributed by atoms with van der Waals surface area (Å²) in [6.07, 6.45) is 5.32. The van der Waals surface area contributed by atoms with Crippen LogP contribution in [0, 0.1) is 0 Å². The number of hydrogen-bond donors (Lipinski definition) is 0. The summed E-state index contributed by atoms with van der Waals surface area (Å²) in [6.45, 7) is 4.88. The van der Waals surface area contributed by atoms with Crippen LogP contribution in [0.2, 0.25) is 0 Å². The van der Waals surface area contributed by atoms with E-state index in [1.165, 1.54) is 11.8 Å². The number of fused-ring (bicyclic) bond motifs is 1. The minimum Gasteiger partial charge on any atom is -0.321 e. The normalized spacial score (nSPS) is 11.0. The molecule has 0 aliphatic carbocycles. The molecular formula is C16H16N4OS. The lowest BCUT2D eigenvalue weighted by Crippen LogP contribution is -2.18. The molecule has 0 bridgehead atoms. The molecule has 3 rings (SSSR count). The van der Waals surface area contributed by atoms with Crippen molar-refractivity contribution in [1.29, 1.82) is 0 Å². The zero-order valence-electron chi connectivity index (χ0n) is 12.3. The highest BCUT2D eigenvalue weighted by molar-refractivity contribution is 7.98. The van der Waals surface area contributed by atoms with Crippen molar-refractivity contribution in [3.63, 3.8) is 0 Å². The molecule has 0 N–H and O–H groups in total. The van der Waals surface area contributed by atoms with Gasteiger partial charge in [-0.1, -0.05) is 48.2 Å². The summed E-state index contributed by atoms with van der Waals surface area (Å²) in [4.78, 5) is 20.9. The fourth-order valence-corrected chi connectivity index (χ4v) is 2.97. The first kappa shape index (κ1) is 14.6. The molecule has 5 nitrogen and oxygen atoms in total. The van der Waals surface area contributed by atoms with E-state index in [4.69, 9.17) is 0 Å². The Balaban J connectivity index is 2.21. The molecule has 0 fully saturated rings. The largest absolute Gasteiger partial charge is 0.321 e. The summed E-state index contributed by atoms with van der Waals surface area (Å²) in [5, 5.41) is 0.671. The van der Waals surface area contributed by atoms with Gasteiger partial charge in [0.1, 0.15) is 0 Å². The van der Waals surface area contributed by atoms with Crippen LogP contribution in [0.25, 0.3) is 11.2 Å². The van der Waals surface area contributed by atoms with Crippen molar-refractivity contribution in [1.82, 2.24) is 19.1 Å². The monoisotopic (exact) mass is 312 g/mol. The first-order valence-electron chi connectivity index (χ1n) is 6.89. The number of allylic oxidation sites excluding steroid dienone is 1. The van der Waals surface area contributed by atoms with Gasteiger partial charge >= 0.3 is 0 Å². The number of benzene rings is 1. The molecule has 3 aromatic rings. The second-order valence-electron chi connectivity index (χ2n) is 4.83. The lowest BCUT2D eigenvalue weighted by Gasteiger charge is -2.12.